The van der Waals surface area contributed by atoms with Crippen LogP contribution in [0, 0.1) is 11.7 Å². The Morgan fingerprint density at radius 1 is 1.50 bits per heavy atom. The van der Waals surface area contributed by atoms with Gasteiger partial charge in [-0.15, -0.1) is 0 Å². The second-order valence-electron chi connectivity index (χ2n) is 5.98. The van der Waals surface area contributed by atoms with Gasteiger partial charge in [0.15, 0.2) is 0 Å². The summed E-state index contributed by atoms with van der Waals surface area (Å²) in [6, 6.07) is 4.56. The molecule has 0 aliphatic carbocycles. The fraction of sp³-hybridized carbons (Fsp3) is 0.600. The van der Waals surface area contributed by atoms with Crippen molar-refractivity contribution in [2.75, 3.05) is 0 Å². The average Bonchev–Trinajstić information content (AvgIpc) is 2.25. The topological polar surface area (TPSA) is 35.2 Å². The lowest BCUT2D eigenvalue weighted by Gasteiger charge is -2.39. The van der Waals surface area contributed by atoms with Crippen molar-refractivity contribution in [3.8, 4) is 5.75 Å². The van der Waals surface area contributed by atoms with Gasteiger partial charge in [-0.3, -0.25) is 0 Å². The van der Waals surface area contributed by atoms with E-state index in [0.29, 0.717) is 11.7 Å². The highest BCUT2D eigenvalue weighted by Crippen LogP contribution is 2.41. The zero-order chi connectivity index (χ0) is 13.3. The number of hydrogen-bond donors (Lipinski definition) is 1. The Morgan fingerprint density at radius 2 is 2.22 bits per heavy atom. The first-order chi connectivity index (χ1) is 8.39. The Labute approximate surface area is 108 Å². The number of rotatable bonds is 3. The number of fused-ring (bicyclic) bond motifs is 1. The third-order valence-corrected chi connectivity index (χ3v) is 3.63. The first-order valence-corrected chi connectivity index (χ1v) is 6.64. The van der Waals surface area contributed by atoms with Crippen LogP contribution in [0.5, 0.6) is 5.75 Å². The van der Waals surface area contributed by atoms with Crippen LogP contribution in [0.4, 0.5) is 4.39 Å². The van der Waals surface area contributed by atoms with Crippen LogP contribution in [0.1, 0.15) is 51.6 Å². The van der Waals surface area contributed by atoms with E-state index in [-0.39, 0.29) is 17.5 Å². The molecule has 1 aliphatic rings. The van der Waals surface area contributed by atoms with E-state index in [1.807, 2.05) is 0 Å². The predicted octanol–water partition coefficient (Wildman–Crippen LogP) is 3.80. The fourth-order valence-electron chi connectivity index (χ4n) is 2.53. The van der Waals surface area contributed by atoms with Gasteiger partial charge in [-0.2, -0.15) is 0 Å². The molecule has 0 fully saturated rings. The third kappa shape index (κ3) is 2.83. The van der Waals surface area contributed by atoms with Gasteiger partial charge in [0.25, 0.3) is 0 Å². The van der Waals surface area contributed by atoms with Gasteiger partial charge in [0, 0.05) is 24.1 Å². The Bertz CT molecular complexity index is 433. The van der Waals surface area contributed by atoms with Crippen LogP contribution in [0.3, 0.4) is 0 Å². The summed E-state index contributed by atoms with van der Waals surface area (Å²) < 4.78 is 19.3. The quantitative estimate of drug-likeness (QED) is 0.886. The standard InChI is InChI=1S/C15H22FNO/c1-10(2)6-7-15(3)9-13(17)12-5-4-11(16)8-14(12)18-15/h4-5,8,10,13H,6-7,9,17H2,1-3H3/t13-,15?/m0/s1. The van der Waals surface area contributed by atoms with Crippen LogP contribution in [-0.2, 0) is 0 Å². The Morgan fingerprint density at radius 3 is 2.89 bits per heavy atom. The molecule has 1 aliphatic heterocycles. The molecule has 18 heavy (non-hydrogen) atoms. The van der Waals surface area contributed by atoms with Crippen molar-refractivity contribution < 1.29 is 9.13 Å². The summed E-state index contributed by atoms with van der Waals surface area (Å²) in [6.45, 7) is 6.46. The van der Waals surface area contributed by atoms with Crippen LogP contribution in [0.15, 0.2) is 18.2 Å². The molecule has 0 aromatic heterocycles. The molecule has 2 atom stereocenters. The monoisotopic (exact) mass is 251 g/mol. The molecule has 0 saturated carbocycles. The number of nitrogens with two attached hydrogens (primary N) is 1. The molecular formula is C15H22FNO. The molecule has 2 N–H and O–H groups in total. The number of benzene rings is 1. The zero-order valence-corrected chi connectivity index (χ0v) is 11.4. The molecule has 2 nitrogen and oxygen atoms in total. The summed E-state index contributed by atoms with van der Waals surface area (Å²) in [4.78, 5) is 0. The number of hydrogen-bond acceptors (Lipinski definition) is 2. The van der Waals surface area contributed by atoms with Gasteiger partial charge in [0.1, 0.15) is 17.2 Å². The predicted molar refractivity (Wildman–Crippen MR) is 71.1 cm³/mol. The van der Waals surface area contributed by atoms with Crippen molar-refractivity contribution in [1.82, 2.24) is 0 Å². The highest BCUT2D eigenvalue weighted by atomic mass is 19.1. The van der Waals surface area contributed by atoms with E-state index in [1.54, 1.807) is 6.07 Å². The van der Waals surface area contributed by atoms with Crippen molar-refractivity contribution in [3.63, 3.8) is 0 Å². The summed E-state index contributed by atoms with van der Waals surface area (Å²) >= 11 is 0. The molecule has 0 saturated heterocycles. The summed E-state index contributed by atoms with van der Waals surface area (Å²) in [6.07, 6.45) is 2.83. The lowest BCUT2D eigenvalue weighted by molar-refractivity contribution is 0.0401. The third-order valence-electron chi connectivity index (χ3n) is 3.63. The molecule has 100 valence electrons. The Kier molecular flexibility index (Phi) is 3.62. The van der Waals surface area contributed by atoms with E-state index in [0.717, 1.165) is 24.8 Å². The zero-order valence-electron chi connectivity index (χ0n) is 11.4. The molecule has 2 rings (SSSR count). The lowest BCUT2D eigenvalue weighted by Crippen LogP contribution is -2.40. The van der Waals surface area contributed by atoms with Gasteiger partial charge in [-0.05, 0) is 31.7 Å². The van der Waals surface area contributed by atoms with Crippen LogP contribution >= 0.6 is 0 Å². The SMILES string of the molecule is CC(C)CCC1(C)C[C@H](N)c2ccc(F)cc2O1. The Hall–Kier alpha value is -1.09. The number of halogens is 1. The molecule has 3 heteroatoms. The molecule has 1 aromatic rings. The van der Waals surface area contributed by atoms with Crippen LogP contribution in [-0.4, -0.2) is 5.60 Å². The first kappa shape index (κ1) is 13.3. The van der Waals surface area contributed by atoms with Crippen molar-refractivity contribution in [2.45, 2.75) is 51.7 Å². The molecule has 1 aromatic carbocycles. The summed E-state index contributed by atoms with van der Waals surface area (Å²) in [5.41, 5.74) is 6.82. The maximum absolute atomic E-state index is 13.3. The second kappa shape index (κ2) is 4.88. The maximum atomic E-state index is 13.3. The average molecular weight is 251 g/mol. The fourth-order valence-corrected chi connectivity index (χ4v) is 2.53. The number of ether oxygens (including phenoxy) is 1. The van der Waals surface area contributed by atoms with Gasteiger partial charge in [-0.1, -0.05) is 19.9 Å². The molecule has 1 unspecified atom stereocenters. The summed E-state index contributed by atoms with van der Waals surface area (Å²) in [5.74, 6) is 0.977. The van der Waals surface area contributed by atoms with Gasteiger partial charge in [0.05, 0.1) is 0 Å². The van der Waals surface area contributed by atoms with E-state index in [2.05, 4.69) is 20.8 Å². The molecular weight excluding hydrogens is 229 g/mol. The molecule has 0 spiro atoms. The smallest absolute Gasteiger partial charge is 0.127 e. The minimum atomic E-state index is -0.273. The second-order valence-corrected chi connectivity index (χ2v) is 5.98. The highest BCUT2D eigenvalue weighted by molar-refractivity contribution is 5.39. The van der Waals surface area contributed by atoms with E-state index >= 15 is 0 Å². The van der Waals surface area contributed by atoms with Crippen LogP contribution < -0.4 is 10.5 Å². The van der Waals surface area contributed by atoms with Crippen LogP contribution in [0.25, 0.3) is 0 Å². The van der Waals surface area contributed by atoms with E-state index in [9.17, 15) is 4.39 Å². The summed E-state index contributed by atoms with van der Waals surface area (Å²) in [5, 5.41) is 0. The summed E-state index contributed by atoms with van der Waals surface area (Å²) in [7, 11) is 0. The lowest BCUT2D eigenvalue weighted by atomic mass is 9.84. The first-order valence-electron chi connectivity index (χ1n) is 6.64. The van der Waals surface area contributed by atoms with Crippen molar-refractivity contribution in [1.29, 1.82) is 0 Å². The molecule has 1 heterocycles. The van der Waals surface area contributed by atoms with E-state index in [4.69, 9.17) is 10.5 Å². The van der Waals surface area contributed by atoms with Crippen molar-refractivity contribution in [2.24, 2.45) is 11.7 Å². The Balaban J connectivity index is 2.20. The van der Waals surface area contributed by atoms with Crippen molar-refractivity contribution in [3.05, 3.63) is 29.6 Å². The van der Waals surface area contributed by atoms with Gasteiger partial charge in [0.2, 0.25) is 0 Å². The molecule has 0 amide bonds. The van der Waals surface area contributed by atoms with Gasteiger partial charge in [-0.25, -0.2) is 4.39 Å². The largest absolute Gasteiger partial charge is 0.487 e. The minimum absolute atomic E-state index is 0.0634. The van der Waals surface area contributed by atoms with Gasteiger partial charge < -0.3 is 10.5 Å². The molecule has 0 bridgehead atoms. The van der Waals surface area contributed by atoms with Crippen molar-refractivity contribution >= 4 is 0 Å². The molecule has 0 radical (unpaired) electrons. The minimum Gasteiger partial charge on any atom is -0.487 e. The maximum Gasteiger partial charge on any atom is 0.127 e. The van der Waals surface area contributed by atoms with E-state index < -0.39 is 0 Å². The van der Waals surface area contributed by atoms with Crippen LogP contribution in [0.2, 0.25) is 0 Å². The van der Waals surface area contributed by atoms with E-state index in [1.165, 1.54) is 12.1 Å². The normalized spacial score (nSPS) is 26.9. The van der Waals surface area contributed by atoms with Gasteiger partial charge >= 0.3 is 0 Å². The highest BCUT2D eigenvalue weighted by Gasteiger charge is 2.35.